The summed E-state index contributed by atoms with van der Waals surface area (Å²) in [5.74, 6) is 0.494. The van der Waals surface area contributed by atoms with Gasteiger partial charge < -0.3 is 10.2 Å². The first-order chi connectivity index (χ1) is 14.6. The van der Waals surface area contributed by atoms with Crippen molar-refractivity contribution in [1.82, 2.24) is 9.78 Å². The lowest BCUT2D eigenvalue weighted by Gasteiger charge is -2.17. The van der Waals surface area contributed by atoms with Crippen LogP contribution in [-0.4, -0.2) is 29.8 Å². The number of nitrogens with one attached hydrogen (secondary N) is 1. The van der Waals surface area contributed by atoms with Crippen LogP contribution >= 0.6 is 0 Å². The standard InChI is InChI=1S/C25H24N4O/c1-28(2)23-16-10-9-15-21(23)25(30)29-24(26-18-19-11-5-3-6-12-19)17-22(27-29)20-13-7-4-8-14-20/h3-17,26H,18H2,1-2H3. The first-order valence-corrected chi connectivity index (χ1v) is 9.88. The second-order valence-electron chi connectivity index (χ2n) is 7.25. The summed E-state index contributed by atoms with van der Waals surface area (Å²) in [5, 5.41) is 8.04. The molecule has 1 N–H and O–H groups in total. The van der Waals surface area contributed by atoms with Gasteiger partial charge in [0.15, 0.2) is 0 Å². The van der Waals surface area contributed by atoms with Crippen LogP contribution in [0.3, 0.4) is 0 Å². The molecule has 30 heavy (non-hydrogen) atoms. The van der Waals surface area contributed by atoms with Crippen molar-refractivity contribution in [3.8, 4) is 11.3 Å². The van der Waals surface area contributed by atoms with Crippen LogP contribution in [0.25, 0.3) is 11.3 Å². The number of hydrogen-bond donors (Lipinski definition) is 1. The Morgan fingerprint density at radius 1 is 0.900 bits per heavy atom. The number of aromatic nitrogens is 2. The van der Waals surface area contributed by atoms with Crippen LogP contribution < -0.4 is 10.2 Å². The Labute approximate surface area is 176 Å². The normalized spacial score (nSPS) is 10.6. The summed E-state index contributed by atoms with van der Waals surface area (Å²) in [6, 6.07) is 29.5. The summed E-state index contributed by atoms with van der Waals surface area (Å²) in [4.78, 5) is 15.4. The van der Waals surface area contributed by atoms with Gasteiger partial charge in [-0.2, -0.15) is 9.78 Å². The summed E-state index contributed by atoms with van der Waals surface area (Å²) in [6.07, 6.45) is 0. The SMILES string of the molecule is CN(C)c1ccccc1C(=O)n1nc(-c2ccccc2)cc1NCc1ccccc1. The van der Waals surface area contributed by atoms with E-state index in [0.717, 1.165) is 22.5 Å². The molecule has 150 valence electrons. The molecule has 0 amide bonds. The molecule has 0 spiro atoms. The molecule has 0 unspecified atom stereocenters. The molecule has 0 saturated heterocycles. The number of hydrogen-bond acceptors (Lipinski definition) is 4. The number of rotatable bonds is 6. The molecule has 1 heterocycles. The topological polar surface area (TPSA) is 50.2 Å². The van der Waals surface area contributed by atoms with Crippen molar-refractivity contribution < 1.29 is 4.79 Å². The summed E-state index contributed by atoms with van der Waals surface area (Å²) >= 11 is 0. The largest absolute Gasteiger partial charge is 0.377 e. The molecule has 0 radical (unpaired) electrons. The van der Waals surface area contributed by atoms with E-state index < -0.39 is 0 Å². The highest BCUT2D eigenvalue weighted by atomic mass is 16.2. The third kappa shape index (κ3) is 4.10. The molecule has 0 bridgehead atoms. The number of benzene rings is 3. The summed E-state index contributed by atoms with van der Waals surface area (Å²) < 4.78 is 1.47. The minimum absolute atomic E-state index is 0.169. The third-order valence-electron chi connectivity index (χ3n) is 4.90. The monoisotopic (exact) mass is 396 g/mol. The van der Waals surface area contributed by atoms with Gasteiger partial charge in [0.05, 0.1) is 11.3 Å². The molecule has 0 atom stereocenters. The van der Waals surface area contributed by atoms with Gasteiger partial charge in [-0.15, -0.1) is 0 Å². The summed E-state index contributed by atoms with van der Waals surface area (Å²) in [6.45, 7) is 0.601. The average Bonchev–Trinajstić information content (AvgIpc) is 3.23. The van der Waals surface area contributed by atoms with E-state index in [2.05, 4.69) is 22.5 Å². The Kier molecular flexibility index (Phi) is 5.61. The van der Waals surface area contributed by atoms with E-state index in [9.17, 15) is 4.79 Å². The first-order valence-electron chi connectivity index (χ1n) is 9.88. The molecule has 0 aliphatic carbocycles. The van der Waals surface area contributed by atoms with Crippen molar-refractivity contribution in [3.63, 3.8) is 0 Å². The second-order valence-corrected chi connectivity index (χ2v) is 7.25. The lowest BCUT2D eigenvalue weighted by molar-refractivity contribution is 0.0948. The molecule has 0 saturated carbocycles. The predicted molar refractivity (Wildman–Crippen MR) is 122 cm³/mol. The Balaban J connectivity index is 1.73. The molecule has 3 aromatic carbocycles. The van der Waals surface area contributed by atoms with Gasteiger partial charge in [-0.1, -0.05) is 72.8 Å². The van der Waals surface area contributed by atoms with Crippen molar-refractivity contribution in [2.24, 2.45) is 0 Å². The van der Waals surface area contributed by atoms with Crippen LogP contribution in [0.4, 0.5) is 11.5 Å². The number of anilines is 2. The molecule has 5 nitrogen and oxygen atoms in total. The molecule has 0 aliphatic heterocycles. The lowest BCUT2D eigenvalue weighted by Crippen LogP contribution is -2.21. The zero-order chi connectivity index (χ0) is 20.9. The lowest BCUT2D eigenvalue weighted by atomic mass is 10.1. The first kappa shape index (κ1) is 19.5. The van der Waals surface area contributed by atoms with Gasteiger partial charge in [0, 0.05) is 38.0 Å². The molecular formula is C25H24N4O. The van der Waals surface area contributed by atoms with E-state index >= 15 is 0 Å². The van der Waals surface area contributed by atoms with Gasteiger partial charge in [0.1, 0.15) is 5.82 Å². The van der Waals surface area contributed by atoms with Crippen LogP contribution in [0.15, 0.2) is 91.0 Å². The Morgan fingerprint density at radius 3 is 2.23 bits per heavy atom. The highest BCUT2D eigenvalue weighted by Gasteiger charge is 2.20. The van der Waals surface area contributed by atoms with Crippen LogP contribution in [0, 0.1) is 0 Å². The van der Waals surface area contributed by atoms with Gasteiger partial charge in [-0.25, -0.2) is 0 Å². The van der Waals surface area contributed by atoms with Gasteiger partial charge in [0.25, 0.3) is 5.91 Å². The Morgan fingerprint density at radius 2 is 1.53 bits per heavy atom. The fourth-order valence-electron chi connectivity index (χ4n) is 3.36. The Hall–Kier alpha value is -3.86. The maximum Gasteiger partial charge on any atom is 0.282 e. The van der Waals surface area contributed by atoms with Gasteiger partial charge in [-0.3, -0.25) is 4.79 Å². The van der Waals surface area contributed by atoms with E-state index in [0.29, 0.717) is 17.9 Å². The molecule has 4 rings (SSSR count). The predicted octanol–water partition coefficient (Wildman–Crippen LogP) is 4.92. The fourth-order valence-corrected chi connectivity index (χ4v) is 3.36. The molecule has 0 fully saturated rings. The molecule has 5 heteroatoms. The maximum absolute atomic E-state index is 13.5. The van der Waals surface area contributed by atoms with E-state index in [4.69, 9.17) is 0 Å². The maximum atomic E-state index is 13.5. The number of nitrogens with zero attached hydrogens (tertiary/aromatic N) is 3. The Bertz CT molecular complexity index is 1130. The molecule has 0 aliphatic rings. The van der Waals surface area contributed by atoms with Crippen LogP contribution in [-0.2, 0) is 6.54 Å². The minimum Gasteiger partial charge on any atom is -0.377 e. The number of carbonyl (C=O) groups excluding carboxylic acids is 1. The van der Waals surface area contributed by atoms with Crippen molar-refractivity contribution in [3.05, 3.63) is 102 Å². The third-order valence-corrected chi connectivity index (χ3v) is 4.90. The smallest absolute Gasteiger partial charge is 0.282 e. The van der Waals surface area contributed by atoms with Crippen molar-refractivity contribution >= 4 is 17.4 Å². The average molecular weight is 396 g/mol. The zero-order valence-electron chi connectivity index (χ0n) is 17.1. The number of para-hydroxylation sites is 1. The van der Waals surface area contributed by atoms with Crippen LogP contribution in [0.2, 0.25) is 0 Å². The van der Waals surface area contributed by atoms with Crippen molar-refractivity contribution in [1.29, 1.82) is 0 Å². The zero-order valence-corrected chi connectivity index (χ0v) is 17.1. The highest BCUT2D eigenvalue weighted by Crippen LogP contribution is 2.25. The molecule has 4 aromatic rings. The highest BCUT2D eigenvalue weighted by molar-refractivity contribution is 6.02. The second kappa shape index (κ2) is 8.66. The number of carbonyl (C=O) groups is 1. The van der Waals surface area contributed by atoms with E-state index in [1.54, 1.807) is 0 Å². The van der Waals surface area contributed by atoms with E-state index in [1.165, 1.54) is 4.68 Å². The summed E-state index contributed by atoms with van der Waals surface area (Å²) in [7, 11) is 3.86. The minimum atomic E-state index is -0.169. The van der Waals surface area contributed by atoms with Crippen LogP contribution in [0.1, 0.15) is 15.9 Å². The van der Waals surface area contributed by atoms with E-state index in [-0.39, 0.29) is 5.91 Å². The quantitative estimate of drug-likeness (QED) is 0.503. The van der Waals surface area contributed by atoms with Crippen molar-refractivity contribution in [2.45, 2.75) is 6.54 Å². The summed E-state index contributed by atoms with van der Waals surface area (Å²) in [5.41, 5.74) is 4.31. The van der Waals surface area contributed by atoms with Crippen molar-refractivity contribution in [2.75, 3.05) is 24.3 Å². The molecule has 1 aromatic heterocycles. The van der Waals surface area contributed by atoms with Gasteiger partial charge in [-0.05, 0) is 17.7 Å². The van der Waals surface area contributed by atoms with Gasteiger partial charge >= 0.3 is 0 Å². The van der Waals surface area contributed by atoms with Crippen LogP contribution in [0.5, 0.6) is 0 Å². The van der Waals surface area contributed by atoms with Gasteiger partial charge in [0.2, 0.25) is 0 Å². The van der Waals surface area contributed by atoms with E-state index in [1.807, 2.05) is 97.9 Å². The fraction of sp³-hybridized carbons (Fsp3) is 0.120. The molecular weight excluding hydrogens is 372 g/mol.